The molecule has 0 radical (unpaired) electrons. The summed E-state index contributed by atoms with van der Waals surface area (Å²) in [4.78, 5) is 11.9. The topological polar surface area (TPSA) is 26.3 Å². The summed E-state index contributed by atoms with van der Waals surface area (Å²) in [6.07, 6.45) is 0. The number of carbonyl (C=O) groups excluding carboxylic acids is 1. The second kappa shape index (κ2) is 21.2. The van der Waals surface area contributed by atoms with Gasteiger partial charge in [0.1, 0.15) is 6.61 Å². The normalized spacial score (nSPS) is 14.4. The Labute approximate surface area is 205 Å². The molecule has 0 aromatic rings. The van der Waals surface area contributed by atoms with E-state index in [1.807, 2.05) is 47.0 Å². The minimum atomic E-state index is -0.264. The fourth-order valence-electron chi connectivity index (χ4n) is 2.27. The largest absolute Gasteiger partial charge is 0.461 e. The molecule has 0 aliphatic carbocycles. The molecule has 3 atom stereocenters. The third kappa shape index (κ3) is 17.5. The summed E-state index contributed by atoms with van der Waals surface area (Å²) in [7, 11) is 0. The SMILES string of the molecule is C=C(C)C(=O)OCC(CSCC(CSCC)SCC)SCC(CSCC)SCC. The third-order valence-electron chi connectivity index (χ3n) is 3.69. The fourth-order valence-corrected chi connectivity index (χ4v) is 9.70. The Bertz CT molecular complexity index is 422. The molecule has 0 heterocycles. The Balaban J connectivity index is 4.64. The highest BCUT2D eigenvalue weighted by molar-refractivity contribution is 8.07. The highest BCUT2D eigenvalue weighted by Crippen LogP contribution is 2.27. The Morgan fingerprint density at radius 3 is 1.69 bits per heavy atom. The van der Waals surface area contributed by atoms with E-state index < -0.39 is 0 Å². The molecule has 8 heteroatoms. The van der Waals surface area contributed by atoms with Crippen molar-refractivity contribution in [2.75, 3.05) is 58.4 Å². The van der Waals surface area contributed by atoms with Gasteiger partial charge in [0.2, 0.25) is 0 Å². The van der Waals surface area contributed by atoms with Gasteiger partial charge in [0.05, 0.1) is 0 Å². The maximum Gasteiger partial charge on any atom is 0.333 e. The van der Waals surface area contributed by atoms with E-state index in [1.165, 1.54) is 34.5 Å². The Hall–Kier alpha value is 1.31. The van der Waals surface area contributed by atoms with E-state index in [2.05, 4.69) is 57.8 Å². The van der Waals surface area contributed by atoms with Crippen molar-refractivity contribution in [1.82, 2.24) is 0 Å². The van der Waals surface area contributed by atoms with Crippen molar-refractivity contribution in [3.05, 3.63) is 12.2 Å². The summed E-state index contributed by atoms with van der Waals surface area (Å²) >= 11 is 12.2. The first-order valence-electron chi connectivity index (χ1n) is 10.4. The monoisotopic (exact) mass is 516 g/mol. The lowest BCUT2D eigenvalue weighted by Crippen LogP contribution is -2.23. The van der Waals surface area contributed by atoms with E-state index >= 15 is 0 Å². The van der Waals surface area contributed by atoms with Crippen molar-refractivity contribution >= 4 is 76.5 Å². The van der Waals surface area contributed by atoms with Crippen molar-refractivity contribution in [3.63, 3.8) is 0 Å². The smallest absolute Gasteiger partial charge is 0.333 e. The third-order valence-corrected chi connectivity index (χ3v) is 11.8. The molecular formula is C21H40O2S6. The fraction of sp³-hybridized carbons (Fsp3) is 0.857. The van der Waals surface area contributed by atoms with Gasteiger partial charge in [0.25, 0.3) is 0 Å². The van der Waals surface area contributed by atoms with Crippen molar-refractivity contribution in [2.24, 2.45) is 0 Å². The predicted octanol–water partition coefficient (Wildman–Crippen LogP) is 6.69. The summed E-state index contributed by atoms with van der Waals surface area (Å²) in [5, 5.41) is 1.73. The average Bonchev–Trinajstić information content (AvgIpc) is 2.70. The number of rotatable bonds is 20. The number of thioether (sulfide) groups is 6. The average molecular weight is 517 g/mol. The van der Waals surface area contributed by atoms with Gasteiger partial charge in [-0.05, 0) is 29.9 Å². The molecule has 0 spiro atoms. The molecule has 172 valence electrons. The molecule has 0 saturated carbocycles. The van der Waals surface area contributed by atoms with Gasteiger partial charge in [-0.25, -0.2) is 4.79 Å². The highest BCUT2D eigenvalue weighted by Gasteiger charge is 2.18. The van der Waals surface area contributed by atoms with Gasteiger partial charge in [0, 0.05) is 50.1 Å². The van der Waals surface area contributed by atoms with Crippen molar-refractivity contribution in [1.29, 1.82) is 0 Å². The molecular weight excluding hydrogens is 477 g/mol. The first-order valence-corrected chi connectivity index (χ1v) is 17.0. The molecule has 0 rings (SSSR count). The molecule has 2 nitrogen and oxygen atoms in total. The van der Waals surface area contributed by atoms with Crippen molar-refractivity contribution in [2.45, 2.75) is 50.4 Å². The van der Waals surface area contributed by atoms with Gasteiger partial charge >= 0.3 is 5.97 Å². The van der Waals surface area contributed by atoms with Crippen LogP contribution in [0.2, 0.25) is 0 Å². The van der Waals surface area contributed by atoms with E-state index in [-0.39, 0.29) is 5.97 Å². The van der Waals surface area contributed by atoms with Crippen LogP contribution >= 0.6 is 70.6 Å². The lowest BCUT2D eigenvalue weighted by Gasteiger charge is -2.21. The summed E-state index contributed by atoms with van der Waals surface area (Å²) < 4.78 is 5.51. The van der Waals surface area contributed by atoms with Crippen LogP contribution in [0.25, 0.3) is 0 Å². The van der Waals surface area contributed by atoms with Crippen LogP contribution in [0.4, 0.5) is 0 Å². The van der Waals surface area contributed by atoms with Crippen LogP contribution in [0, 0.1) is 0 Å². The van der Waals surface area contributed by atoms with E-state index in [9.17, 15) is 4.79 Å². The molecule has 0 amide bonds. The second-order valence-corrected chi connectivity index (χ2v) is 14.5. The number of hydrogen-bond acceptors (Lipinski definition) is 8. The van der Waals surface area contributed by atoms with Crippen molar-refractivity contribution in [3.8, 4) is 0 Å². The lowest BCUT2D eigenvalue weighted by atomic mass is 10.4. The number of esters is 1. The molecule has 0 bridgehead atoms. The molecule has 29 heavy (non-hydrogen) atoms. The Morgan fingerprint density at radius 1 is 0.724 bits per heavy atom. The van der Waals surface area contributed by atoms with Gasteiger partial charge in [-0.2, -0.15) is 70.6 Å². The zero-order chi connectivity index (χ0) is 21.9. The van der Waals surface area contributed by atoms with E-state index in [1.54, 1.807) is 6.92 Å². The minimum Gasteiger partial charge on any atom is -0.461 e. The van der Waals surface area contributed by atoms with Crippen LogP contribution < -0.4 is 0 Å². The summed E-state index contributed by atoms with van der Waals surface area (Å²) in [5.41, 5.74) is 0.483. The molecule has 0 N–H and O–H groups in total. The number of carbonyl (C=O) groups is 1. The van der Waals surface area contributed by atoms with Crippen LogP contribution in [0.15, 0.2) is 12.2 Å². The number of ether oxygens (including phenoxy) is 1. The van der Waals surface area contributed by atoms with E-state index in [4.69, 9.17) is 4.74 Å². The van der Waals surface area contributed by atoms with Gasteiger partial charge in [-0.1, -0.05) is 34.3 Å². The first kappa shape index (κ1) is 30.3. The Morgan fingerprint density at radius 2 is 1.21 bits per heavy atom. The highest BCUT2D eigenvalue weighted by atomic mass is 32.2. The first-order chi connectivity index (χ1) is 14.0. The van der Waals surface area contributed by atoms with Crippen LogP contribution in [0.3, 0.4) is 0 Å². The Kier molecular flexibility index (Phi) is 22.1. The van der Waals surface area contributed by atoms with Crippen LogP contribution in [0.5, 0.6) is 0 Å². The number of hydrogen-bond donors (Lipinski definition) is 0. The maximum atomic E-state index is 11.9. The van der Waals surface area contributed by atoms with E-state index in [0.29, 0.717) is 27.9 Å². The summed E-state index contributed by atoms with van der Waals surface area (Å²) in [5.74, 6) is 10.2. The van der Waals surface area contributed by atoms with Crippen LogP contribution in [-0.2, 0) is 9.53 Å². The molecule has 0 fully saturated rings. The van der Waals surface area contributed by atoms with E-state index in [0.717, 1.165) is 17.3 Å². The summed E-state index contributed by atoms with van der Waals surface area (Å²) in [6.45, 7) is 14.8. The van der Waals surface area contributed by atoms with Crippen LogP contribution in [-0.4, -0.2) is 80.1 Å². The molecule has 0 saturated heterocycles. The standard InChI is InChI=1S/C21H40O2S6/c1-7-24-13-19(27-9-3)15-26-12-18(11-23-21(22)17(5)6)29-16-20(28-10-4)14-25-8-2/h18-20H,5,7-16H2,1-4,6H3. The quantitative estimate of drug-likeness (QED) is 0.130. The van der Waals surface area contributed by atoms with Gasteiger partial charge in [0.15, 0.2) is 0 Å². The molecule has 0 aliphatic heterocycles. The van der Waals surface area contributed by atoms with Crippen LogP contribution in [0.1, 0.15) is 34.6 Å². The zero-order valence-electron chi connectivity index (χ0n) is 18.8. The predicted molar refractivity (Wildman–Crippen MR) is 149 cm³/mol. The second-order valence-electron chi connectivity index (χ2n) is 6.35. The zero-order valence-corrected chi connectivity index (χ0v) is 23.7. The van der Waals surface area contributed by atoms with Gasteiger partial charge < -0.3 is 4.74 Å². The van der Waals surface area contributed by atoms with Crippen molar-refractivity contribution < 1.29 is 9.53 Å². The lowest BCUT2D eigenvalue weighted by molar-refractivity contribution is -0.138. The molecule has 0 aromatic heterocycles. The van der Waals surface area contributed by atoms with Gasteiger partial charge in [-0.15, -0.1) is 0 Å². The maximum absolute atomic E-state index is 11.9. The summed E-state index contributed by atoms with van der Waals surface area (Å²) in [6, 6.07) is 0. The molecule has 0 aromatic carbocycles. The molecule has 0 aliphatic rings. The van der Waals surface area contributed by atoms with Gasteiger partial charge in [-0.3, -0.25) is 0 Å². The minimum absolute atomic E-state index is 0.264. The molecule has 3 unspecified atom stereocenters.